The molecule has 0 spiro atoms. The summed E-state index contributed by atoms with van der Waals surface area (Å²) in [5.41, 5.74) is 3.87. The highest BCUT2D eigenvalue weighted by Crippen LogP contribution is 2.33. The third kappa shape index (κ3) is 6.01. The van der Waals surface area contributed by atoms with E-state index in [0.29, 0.717) is 22.5 Å². The molecular weight excluding hydrogens is 514 g/mol. The molecule has 4 heterocycles. The summed E-state index contributed by atoms with van der Waals surface area (Å²) in [5.74, 6) is 0.591. The average Bonchev–Trinajstić information content (AvgIpc) is 2.97. The summed E-state index contributed by atoms with van der Waals surface area (Å²) in [6.07, 6.45) is 1.88. The van der Waals surface area contributed by atoms with Crippen molar-refractivity contribution >= 4 is 16.9 Å². The lowest BCUT2D eigenvalue weighted by Gasteiger charge is -2.49. The van der Waals surface area contributed by atoms with Crippen LogP contribution >= 0.6 is 0 Å². The minimum Gasteiger partial charge on any atom is -0.373 e. The first-order valence-electron chi connectivity index (χ1n) is 14.9. The molecule has 2 aliphatic heterocycles. The number of pyridine rings is 1. The molecule has 9 nitrogen and oxygen atoms in total. The van der Waals surface area contributed by atoms with Gasteiger partial charge >= 0.3 is 5.69 Å². The van der Waals surface area contributed by atoms with Crippen molar-refractivity contribution < 1.29 is 4.74 Å². The van der Waals surface area contributed by atoms with E-state index in [1.54, 1.807) is 19.2 Å². The molecule has 2 fully saturated rings. The number of piperazine rings is 1. The van der Waals surface area contributed by atoms with E-state index in [0.717, 1.165) is 52.2 Å². The molecule has 0 aliphatic carbocycles. The smallest absolute Gasteiger partial charge is 0.349 e. The normalized spacial score (nSPS) is 22.5. The number of hydrogen-bond acceptors (Lipinski definition) is 8. The Kier molecular flexibility index (Phi) is 8.46. The highest BCUT2D eigenvalue weighted by Gasteiger charge is 2.37. The number of fused-ring (bicyclic) bond motifs is 1. The standard InChI is InChI=1S/C32H43N7O2/c1-7-26-20-39(30-29-28(36(6)31(40)35-30)14-13-25(17-33)34-29)27(8-2)19-38(26)22(3)24-11-9-23(10-12-24)18-37-15-16-41-32(4,5)21-37/h9-14,22,26-27H,7-8,15-16,18-21H2,1-6H3/t22?,26-,27+/m1/s1. The Hall–Kier alpha value is -3.32. The number of benzene rings is 1. The fourth-order valence-corrected chi connectivity index (χ4v) is 6.49. The Labute approximate surface area is 243 Å². The maximum Gasteiger partial charge on any atom is 0.349 e. The first kappa shape index (κ1) is 29.2. The number of nitrogens with zero attached hydrogens (tertiary/aromatic N) is 7. The summed E-state index contributed by atoms with van der Waals surface area (Å²) in [6.45, 7) is 16.3. The van der Waals surface area contributed by atoms with Crippen molar-refractivity contribution in [3.05, 3.63) is 63.7 Å². The molecule has 2 aliphatic rings. The van der Waals surface area contributed by atoms with E-state index >= 15 is 0 Å². The van der Waals surface area contributed by atoms with E-state index in [-0.39, 0.29) is 29.4 Å². The van der Waals surface area contributed by atoms with Gasteiger partial charge in [0, 0.05) is 57.9 Å². The number of hydrogen-bond donors (Lipinski definition) is 0. The fourth-order valence-electron chi connectivity index (χ4n) is 6.49. The van der Waals surface area contributed by atoms with Gasteiger partial charge in [-0.25, -0.2) is 9.78 Å². The number of ether oxygens (including phenoxy) is 1. The Morgan fingerprint density at radius 3 is 2.46 bits per heavy atom. The van der Waals surface area contributed by atoms with Gasteiger partial charge < -0.3 is 9.64 Å². The summed E-state index contributed by atoms with van der Waals surface area (Å²) < 4.78 is 7.39. The highest BCUT2D eigenvalue weighted by molar-refractivity contribution is 5.86. The number of nitriles is 1. The van der Waals surface area contributed by atoms with Gasteiger partial charge in [0.2, 0.25) is 0 Å². The van der Waals surface area contributed by atoms with E-state index in [1.165, 1.54) is 15.7 Å². The summed E-state index contributed by atoms with van der Waals surface area (Å²) in [4.78, 5) is 29.3. The Morgan fingerprint density at radius 1 is 1.07 bits per heavy atom. The predicted molar refractivity (Wildman–Crippen MR) is 162 cm³/mol. The van der Waals surface area contributed by atoms with Gasteiger partial charge in [-0.3, -0.25) is 14.4 Å². The van der Waals surface area contributed by atoms with Gasteiger partial charge in [-0.05, 0) is 56.9 Å². The van der Waals surface area contributed by atoms with Gasteiger partial charge in [0.15, 0.2) is 5.82 Å². The van der Waals surface area contributed by atoms with E-state index < -0.39 is 0 Å². The van der Waals surface area contributed by atoms with Crippen molar-refractivity contribution in [1.29, 1.82) is 5.26 Å². The third-order valence-electron chi connectivity index (χ3n) is 8.87. The molecule has 5 rings (SSSR count). The second kappa shape index (κ2) is 11.9. The highest BCUT2D eigenvalue weighted by atomic mass is 16.5. The van der Waals surface area contributed by atoms with Crippen LogP contribution in [0.5, 0.6) is 0 Å². The average molecular weight is 558 g/mol. The molecule has 3 atom stereocenters. The predicted octanol–water partition coefficient (Wildman–Crippen LogP) is 4.25. The zero-order chi connectivity index (χ0) is 29.3. The van der Waals surface area contributed by atoms with Crippen LogP contribution in [0.4, 0.5) is 5.82 Å². The zero-order valence-electron chi connectivity index (χ0n) is 25.3. The molecule has 0 radical (unpaired) electrons. The van der Waals surface area contributed by atoms with Gasteiger partial charge in [0.1, 0.15) is 17.3 Å². The van der Waals surface area contributed by atoms with Crippen LogP contribution in [0, 0.1) is 11.3 Å². The molecule has 1 aromatic carbocycles. The van der Waals surface area contributed by atoms with Crippen LogP contribution in [0.2, 0.25) is 0 Å². The van der Waals surface area contributed by atoms with Crippen LogP contribution in [0.25, 0.3) is 11.0 Å². The summed E-state index contributed by atoms with van der Waals surface area (Å²) in [5, 5.41) is 9.50. The van der Waals surface area contributed by atoms with E-state index in [4.69, 9.17) is 4.74 Å². The molecule has 2 aromatic heterocycles. The van der Waals surface area contributed by atoms with Crippen molar-refractivity contribution in [1.82, 2.24) is 24.3 Å². The number of rotatable bonds is 7. The first-order chi connectivity index (χ1) is 19.6. The number of aryl methyl sites for hydroxylation is 1. The molecule has 1 unspecified atom stereocenters. The number of morpholine rings is 1. The molecule has 218 valence electrons. The summed E-state index contributed by atoms with van der Waals surface area (Å²) >= 11 is 0. The van der Waals surface area contributed by atoms with Crippen molar-refractivity contribution in [2.45, 2.75) is 77.7 Å². The van der Waals surface area contributed by atoms with Crippen LogP contribution in [0.15, 0.2) is 41.2 Å². The zero-order valence-corrected chi connectivity index (χ0v) is 25.3. The molecular formula is C32H43N7O2. The van der Waals surface area contributed by atoms with E-state index in [9.17, 15) is 10.1 Å². The van der Waals surface area contributed by atoms with E-state index in [2.05, 4.69) is 89.6 Å². The van der Waals surface area contributed by atoms with Crippen LogP contribution in [0.3, 0.4) is 0 Å². The fraction of sp³-hybridized carbons (Fsp3) is 0.562. The van der Waals surface area contributed by atoms with Gasteiger partial charge in [-0.15, -0.1) is 0 Å². The molecule has 2 saturated heterocycles. The molecule has 0 amide bonds. The molecule has 0 saturated carbocycles. The van der Waals surface area contributed by atoms with Crippen LogP contribution in [-0.2, 0) is 18.3 Å². The molecule has 0 N–H and O–H groups in total. The van der Waals surface area contributed by atoms with Crippen molar-refractivity contribution in [3.63, 3.8) is 0 Å². The van der Waals surface area contributed by atoms with Crippen LogP contribution < -0.4 is 10.6 Å². The lowest BCUT2D eigenvalue weighted by atomic mass is 9.96. The maximum atomic E-state index is 12.9. The van der Waals surface area contributed by atoms with Crippen LogP contribution in [0.1, 0.15) is 70.3 Å². The summed E-state index contributed by atoms with van der Waals surface area (Å²) in [6, 6.07) is 15.4. The molecule has 9 heteroatoms. The number of anilines is 1. The lowest BCUT2D eigenvalue weighted by Crippen LogP contribution is -2.59. The molecule has 0 bridgehead atoms. The largest absolute Gasteiger partial charge is 0.373 e. The van der Waals surface area contributed by atoms with Gasteiger partial charge in [-0.2, -0.15) is 10.2 Å². The SMILES string of the molecule is CC[C@H]1CN(C(C)c2ccc(CN3CCOC(C)(C)C3)cc2)[C@H](CC)CN1c1nc(=O)n(C)c2ccc(C#N)nc12. The Bertz CT molecular complexity index is 1480. The van der Waals surface area contributed by atoms with Gasteiger partial charge in [0.25, 0.3) is 0 Å². The first-order valence-corrected chi connectivity index (χ1v) is 14.9. The Balaban J connectivity index is 1.37. The van der Waals surface area contributed by atoms with Crippen molar-refractivity contribution in [3.8, 4) is 6.07 Å². The number of aromatic nitrogens is 3. The second-order valence-corrected chi connectivity index (χ2v) is 12.2. The quantitative estimate of drug-likeness (QED) is 0.426. The minimum absolute atomic E-state index is 0.0949. The third-order valence-corrected chi connectivity index (χ3v) is 8.87. The van der Waals surface area contributed by atoms with Crippen LogP contribution in [-0.4, -0.2) is 74.8 Å². The Morgan fingerprint density at radius 2 is 1.80 bits per heavy atom. The molecule has 3 aromatic rings. The van der Waals surface area contributed by atoms with Gasteiger partial charge in [0.05, 0.1) is 17.7 Å². The molecule has 41 heavy (non-hydrogen) atoms. The van der Waals surface area contributed by atoms with Gasteiger partial charge in [-0.1, -0.05) is 38.1 Å². The topological polar surface area (TPSA) is 90.5 Å². The lowest BCUT2D eigenvalue weighted by molar-refractivity contribution is -0.0882. The maximum absolute atomic E-state index is 12.9. The van der Waals surface area contributed by atoms with Crippen molar-refractivity contribution in [2.75, 3.05) is 37.7 Å². The van der Waals surface area contributed by atoms with Crippen molar-refractivity contribution in [2.24, 2.45) is 7.05 Å². The summed E-state index contributed by atoms with van der Waals surface area (Å²) in [7, 11) is 1.70. The minimum atomic E-state index is -0.307. The second-order valence-electron chi connectivity index (χ2n) is 12.2. The monoisotopic (exact) mass is 557 g/mol. The van der Waals surface area contributed by atoms with E-state index in [1.807, 2.05) is 0 Å².